The summed E-state index contributed by atoms with van der Waals surface area (Å²) < 4.78 is 19.7. The Morgan fingerprint density at radius 2 is 1.96 bits per heavy atom. The Hall–Kier alpha value is -2.44. The zero-order valence-corrected chi connectivity index (χ0v) is 16.6. The van der Waals surface area contributed by atoms with Gasteiger partial charge < -0.3 is 10.1 Å². The van der Waals surface area contributed by atoms with Gasteiger partial charge in [0.2, 0.25) is 0 Å². The van der Waals surface area contributed by atoms with Gasteiger partial charge >= 0.3 is 5.97 Å². The molecule has 0 aliphatic rings. The second kappa shape index (κ2) is 7.66. The van der Waals surface area contributed by atoms with Crippen LogP contribution in [0.5, 0.6) is 0 Å². The van der Waals surface area contributed by atoms with Crippen LogP contribution in [0.2, 0.25) is 5.02 Å². The number of carbonyl (C=O) groups is 2. The number of esters is 1. The smallest absolute Gasteiger partial charge is 0.349 e. The number of aryl methyl sites for hydroxylation is 3. The van der Waals surface area contributed by atoms with Crippen molar-refractivity contribution in [3.05, 3.63) is 62.7 Å². The number of benzene rings is 2. The fourth-order valence-corrected chi connectivity index (χ4v) is 4.38. The summed E-state index contributed by atoms with van der Waals surface area (Å²) in [6, 6.07) is 8.30. The molecule has 0 unspecified atom stereocenters. The molecule has 140 valence electrons. The second-order valence-corrected chi connectivity index (χ2v) is 7.69. The summed E-state index contributed by atoms with van der Waals surface area (Å²) in [6.07, 6.45) is 0. The molecular formula is C20H17ClFNO3S. The van der Waals surface area contributed by atoms with Crippen LogP contribution in [-0.2, 0) is 9.53 Å². The number of nitrogens with one attached hydrogen (secondary N) is 1. The molecule has 0 spiro atoms. The van der Waals surface area contributed by atoms with E-state index in [0.29, 0.717) is 26.4 Å². The summed E-state index contributed by atoms with van der Waals surface area (Å²) in [6.45, 7) is 4.94. The zero-order valence-electron chi connectivity index (χ0n) is 15.0. The predicted octanol–water partition coefficient (Wildman–Crippen LogP) is 5.41. The molecular weight excluding hydrogens is 389 g/mol. The van der Waals surface area contributed by atoms with E-state index in [9.17, 15) is 14.0 Å². The minimum Gasteiger partial charge on any atom is -0.451 e. The highest BCUT2D eigenvalue weighted by molar-refractivity contribution is 7.21. The van der Waals surface area contributed by atoms with Crippen LogP contribution in [0.15, 0.2) is 30.3 Å². The molecule has 0 saturated heterocycles. The number of carbonyl (C=O) groups excluding carboxylic acids is 2. The molecule has 0 fully saturated rings. The SMILES string of the molecule is Cc1cc(C)c(NC(=O)COC(=O)c2sc3cccc(F)c3c2C)c(Cl)c1. The van der Waals surface area contributed by atoms with E-state index in [1.54, 1.807) is 25.1 Å². The highest BCUT2D eigenvalue weighted by Gasteiger charge is 2.20. The lowest BCUT2D eigenvalue weighted by atomic mass is 10.1. The van der Waals surface area contributed by atoms with Crippen molar-refractivity contribution in [2.75, 3.05) is 11.9 Å². The lowest BCUT2D eigenvalue weighted by molar-refractivity contribution is -0.119. The van der Waals surface area contributed by atoms with Gasteiger partial charge in [-0.15, -0.1) is 11.3 Å². The molecule has 1 N–H and O–H groups in total. The molecule has 4 nitrogen and oxygen atoms in total. The van der Waals surface area contributed by atoms with Crippen LogP contribution >= 0.6 is 22.9 Å². The minimum atomic E-state index is -0.657. The van der Waals surface area contributed by atoms with Gasteiger partial charge in [0.25, 0.3) is 5.91 Å². The van der Waals surface area contributed by atoms with E-state index in [4.69, 9.17) is 16.3 Å². The lowest BCUT2D eigenvalue weighted by Crippen LogP contribution is -2.21. The van der Waals surface area contributed by atoms with E-state index in [1.807, 2.05) is 19.9 Å². The first-order chi connectivity index (χ1) is 12.8. The van der Waals surface area contributed by atoms with E-state index < -0.39 is 18.5 Å². The molecule has 3 aromatic rings. The normalized spacial score (nSPS) is 10.9. The van der Waals surface area contributed by atoms with Crippen molar-refractivity contribution in [1.29, 1.82) is 0 Å². The van der Waals surface area contributed by atoms with E-state index >= 15 is 0 Å². The first-order valence-electron chi connectivity index (χ1n) is 8.19. The van der Waals surface area contributed by atoms with Crippen molar-refractivity contribution in [1.82, 2.24) is 0 Å². The van der Waals surface area contributed by atoms with Crippen LogP contribution < -0.4 is 5.32 Å². The first-order valence-corrected chi connectivity index (χ1v) is 9.38. The minimum absolute atomic E-state index is 0.285. The molecule has 1 aromatic heterocycles. The molecule has 0 aliphatic carbocycles. The molecule has 3 rings (SSSR count). The van der Waals surface area contributed by atoms with Crippen molar-refractivity contribution in [3.8, 4) is 0 Å². The zero-order chi connectivity index (χ0) is 19.7. The van der Waals surface area contributed by atoms with Gasteiger partial charge in [0.05, 0.1) is 10.7 Å². The molecule has 7 heteroatoms. The Morgan fingerprint density at radius 1 is 1.22 bits per heavy atom. The number of rotatable bonds is 4. The average Bonchev–Trinajstić information content (AvgIpc) is 2.94. The number of thiophene rings is 1. The Bertz CT molecular complexity index is 1040. The van der Waals surface area contributed by atoms with Crippen LogP contribution in [0.4, 0.5) is 10.1 Å². The van der Waals surface area contributed by atoms with Crippen molar-refractivity contribution < 1.29 is 18.7 Å². The van der Waals surface area contributed by atoms with Crippen molar-refractivity contribution in [3.63, 3.8) is 0 Å². The van der Waals surface area contributed by atoms with Gasteiger partial charge in [0, 0.05) is 10.1 Å². The van der Waals surface area contributed by atoms with Gasteiger partial charge in [-0.25, -0.2) is 9.18 Å². The number of halogens is 2. The fraction of sp³-hybridized carbons (Fsp3) is 0.200. The third-order valence-corrected chi connectivity index (χ3v) is 5.65. The molecule has 0 bridgehead atoms. The standard InChI is InChI=1S/C20H17ClFNO3S/c1-10-7-11(2)18(13(21)8-10)23-16(24)9-26-20(25)19-12(3)17-14(22)5-4-6-15(17)27-19/h4-8H,9H2,1-3H3,(H,23,24). The average molecular weight is 406 g/mol. The third kappa shape index (κ3) is 3.96. The summed E-state index contributed by atoms with van der Waals surface area (Å²) in [5, 5.41) is 3.48. The third-order valence-electron chi connectivity index (χ3n) is 4.12. The Morgan fingerprint density at radius 3 is 2.63 bits per heavy atom. The highest BCUT2D eigenvalue weighted by atomic mass is 35.5. The van der Waals surface area contributed by atoms with Gasteiger partial charge in [-0.1, -0.05) is 23.7 Å². The van der Waals surface area contributed by atoms with Crippen molar-refractivity contribution in [2.45, 2.75) is 20.8 Å². The second-order valence-electron chi connectivity index (χ2n) is 6.23. The largest absolute Gasteiger partial charge is 0.451 e. The predicted molar refractivity (Wildman–Crippen MR) is 106 cm³/mol. The molecule has 1 amide bonds. The maximum atomic E-state index is 14.0. The van der Waals surface area contributed by atoms with Crippen LogP contribution in [0.3, 0.4) is 0 Å². The van der Waals surface area contributed by atoms with Crippen molar-refractivity contribution >= 4 is 50.6 Å². The number of hydrogen-bond donors (Lipinski definition) is 1. The summed E-state index contributed by atoms with van der Waals surface area (Å²) >= 11 is 7.30. The van der Waals surface area contributed by atoms with Gasteiger partial charge in [-0.05, 0) is 55.7 Å². The highest BCUT2D eigenvalue weighted by Crippen LogP contribution is 2.33. The van der Waals surface area contributed by atoms with Gasteiger partial charge in [0.15, 0.2) is 6.61 Å². The maximum Gasteiger partial charge on any atom is 0.349 e. The van der Waals surface area contributed by atoms with Crippen LogP contribution in [0.25, 0.3) is 10.1 Å². The molecule has 2 aromatic carbocycles. The molecule has 0 atom stereocenters. The molecule has 0 aliphatic heterocycles. The van der Waals surface area contributed by atoms with E-state index in [1.165, 1.54) is 6.07 Å². The number of ether oxygens (including phenoxy) is 1. The molecule has 1 heterocycles. The Labute approximate surface area is 164 Å². The molecule has 0 saturated carbocycles. The van der Waals surface area contributed by atoms with Gasteiger partial charge in [0.1, 0.15) is 10.7 Å². The summed E-state index contributed by atoms with van der Waals surface area (Å²) in [5.74, 6) is -1.54. The number of fused-ring (bicyclic) bond motifs is 1. The molecule has 27 heavy (non-hydrogen) atoms. The van der Waals surface area contributed by atoms with Gasteiger partial charge in [-0.3, -0.25) is 4.79 Å². The van der Waals surface area contributed by atoms with Crippen LogP contribution in [0, 0.1) is 26.6 Å². The summed E-state index contributed by atoms with van der Waals surface area (Å²) in [7, 11) is 0. The monoisotopic (exact) mass is 405 g/mol. The Balaban J connectivity index is 1.70. The number of anilines is 1. The topological polar surface area (TPSA) is 55.4 Å². The first kappa shape index (κ1) is 19.3. The summed E-state index contributed by atoms with van der Waals surface area (Å²) in [4.78, 5) is 24.8. The summed E-state index contributed by atoms with van der Waals surface area (Å²) in [5.41, 5.74) is 2.80. The quantitative estimate of drug-likeness (QED) is 0.590. The lowest BCUT2D eigenvalue weighted by Gasteiger charge is -2.11. The molecule has 0 radical (unpaired) electrons. The fourth-order valence-electron chi connectivity index (χ4n) is 2.89. The van der Waals surface area contributed by atoms with Crippen LogP contribution in [0.1, 0.15) is 26.4 Å². The maximum absolute atomic E-state index is 14.0. The Kier molecular flexibility index (Phi) is 5.48. The van der Waals surface area contributed by atoms with E-state index in [-0.39, 0.29) is 10.7 Å². The van der Waals surface area contributed by atoms with Crippen LogP contribution in [-0.4, -0.2) is 18.5 Å². The number of amides is 1. The number of hydrogen-bond acceptors (Lipinski definition) is 4. The van der Waals surface area contributed by atoms with Gasteiger partial charge in [-0.2, -0.15) is 0 Å². The van der Waals surface area contributed by atoms with E-state index in [0.717, 1.165) is 22.5 Å². The van der Waals surface area contributed by atoms with Crippen molar-refractivity contribution in [2.24, 2.45) is 0 Å². The van der Waals surface area contributed by atoms with E-state index in [2.05, 4.69) is 5.32 Å².